The van der Waals surface area contributed by atoms with E-state index in [0.29, 0.717) is 22.6 Å². The Morgan fingerprint density at radius 2 is 1.79 bits per heavy atom. The first kappa shape index (κ1) is 31.9. The molecule has 0 fully saturated rings. The molecule has 0 unspecified atom stereocenters. The van der Waals surface area contributed by atoms with Gasteiger partial charge in [0, 0.05) is 30.9 Å². The number of aliphatic carboxylic acids is 1. The second-order valence-electron chi connectivity index (χ2n) is 9.04. The smallest absolute Gasteiger partial charge is 0.550 e. The first-order valence-electron chi connectivity index (χ1n) is 12.0. The van der Waals surface area contributed by atoms with Crippen LogP contribution >= 0.6 is 0 Å². The van der Waals surface area contributed by atoms with Crippen LogP contribution in [0.15, 0.2) is 54.6 Å². The molecule has 0 aliphatic carbocycles. The summed E-state index contributed by atoms with van der Waals surface area (Å²) in [6.45, 7) is 11.0. The molecule has 0 aliphatic heterocycles. The predicted octanol–water partition coefficient (Wildman–Crippen LogP) is -0.115. The Hall–Kier alpha value is -3.33. The van der Waals surface area contributed by atoms with Gasteiger partial charge in [0.15, 0.2) is 11.4 Å². The number of nitrogens with zero attached hydrogens (tertiary/aromatic N) is 3. The van der Waals surface area contributed by atoms with Gasteiger partial charge in [0.1, 0.15) is 5.82 Å². The van der Waals surface area contributed by atoms with Crippen molar-refractivity contribution in [1.82, 2.24) is 15.1 Å². The molecule has 3 aromatic rings. The maximum Gasteiger partial charge on any atom is 1.00 e. The molecule has 0 aliphatic rings. The number of carboxylic acid groups (broad SMARTS) is 1. The van der Waals surface area contributed by atoms with Crippen LogP contribution in [0.3, 0.4) is 0 Å². The van der Waals surface area contributed by atoms with E-state index in [0.717, 1.165) is 5.56 Å². The van der Waals surface area contributed by atoms with Crippen molar-refractivity contribution in [2.45, 2.75) is 51.4 Å². The van der Waals surface area contributed by atoms with Crippen LogP contribution < -0.4 is 40.0 Å². The Balaban J connectivity index is 0.00000533. The van der Waals surface area contributed by atoms with Crippen LogP contribution in [-0.4, -0.2) is 44.1 Å². The second kappa shape index (κ2) is 14.7. The van der Waals surface area contributed by atoms with E-state index < -0.39 is 36.3 Å². The van der Waals surface area contributed by atoms with Crippen LogP contribution in [0.2, 0.25) is 0 Å². The minimum absolute atomic E-state index is 0. The molecule has 0 spiro atoms. The molecular weight excluding hydrogens is 514 g/mol. The van der Waals surface area contributed by atoms with Crippen molar-refractivity contribution in [2.75, 3.05) is 0 Å². The van der Waals surface area contributed by atoms with E-state index in [2.05, 4.69) is 15.3 Å². The SMILES string of the molecule is [C-]#[N+]c1ccc(CNC(=O)c2nn(-c3ccc(F)cc3)c(/C=C/[C@@H](O)C[C@@H](O)CC(=O)[O-])c2C(C)C)cc1.[Na+]. The molecule has 198 valence electrons. The third-order valence-electron chi connectivity index (χ3n) is 5.73. The molecule has 2 atom stereocenters. The summed E-state index contributed by atoms with van der Waals surface area (Å²) in [7, 11) is 0. The van der Waals surface area contributed by atoms with Gasteiger partial charge in [0.05, 0.1) is 30.2 Å². The number of carbonyl (C=O) groups excluding carboxylic acids is 2. The van der Waals surface area contributed by atoms with Gasteiger partial charge in [0.25, 0.3) is 5.91 Å². The molecule has 39 heavy (non-hydrogen) atoms. The summed E-state index contributed by atoms with van der Waals surface area (Å²) in [4.78, 5) is 27.3. The van der Waals surface area contributed by atoms with E-state index in [-0.39, 0.29) is 54.1 Å². The summed E-state index contributed by atoms with van der Waals surface area (Å²) in [6, 6.07) is 12.4. The van der Waals surface area contributed by atoms with Gasteiger partial charge >= 0.3 is 29.6 Å². The van der Waals surface area contributed by atoms with E-state index in [1.165, 1.54) is 35.0 Å². The van der Waals surface area contributed by atoms with Crippen molar-refractivity contribution in [3.05, 3.63) is 94.4 Å². The molecular formula is C28H28FN4NaO5. The van der Waals surface area contributed by atoms with Crippen LogP contribution in [0.25, 0.3) is 16.6 Å². The summed E-state index contributed by atoms with van der Waals surface area (Å²) in [5, 5.41) is 38.2. The number of aromatic nitrogens is 2. The van der Waals surface area contributed by atoms with Crippen molar-refractivity contribution in [2.24, 2.45) is 0 Å². The number of hydrogen-bond acceptors (Lipinski definition) is 6. The number of aliphatic hydroxyl groups excluding tert-OH is 2. The van der Waals surface area contributed by atoms with Crippen LogP contribution in [0.4, 0.5) is 10.1 Å². The molecule has 1 amide bonds. The number of amides is 1. The third-order valence-corrected chi connectivity index (χ3v) is 5.73. The molecule has 3 rings (SSSR count). The van der Waals surface area contributed by atoms with Gasteiger partial charge in [-0.2, -0.15) is 5.10 Å². The maximum atomic E-state index is 13.6. The summed E-state index contributed by atoms with van der Waals surface area (Å²) in [5.74, 6) is -2.49. The normalized spacial score (nSPS) is 12.5. The number of benzene rings is 2. The Bertz CT molecular complexity index is 1350. The fourth-order valence-corrected chi connectivity index (χ4v) is 3.91. The molecule has 1 aromatic heterocycles. The fourth-order valence-electron chi connectivity index (χ4n) is 3.91. The molecule has 3 N–H and O–H groups in total. The van der Waals surface area contributed by atoms with Crippen molar-refractivity contribution in [1.29, 1.82) is 0 Å². The molecule has 0 radical (unpaired) electrons. The topological polar surface area (TPSA) is 132 Å². The average Bonchev–Trinajstić information content (AvgIpc) is 3.26. The second-order valence-corrected chi connectivity index (χ2v) is 9.04. The van der Waals surface area contributed by atoms with Gasteiger partial charge in [-0.3, -0.25) is 4.79 Å². The molecule has 9 nitrogen and oxygen atoms in total. The van der Waals surface area contributed by atoms with Crippen LogP contribution in [0.1, 0.15) is 59.9 Å². The number of carboxylic acids is 1. The monoisotopic (exact) mass is 542 g/mol. The van der Waals surface area contributed by atoms with E-state index in [4.69, 9.17) is 6.57 Å². The van der Waals surface area contributed by atoms with Crippen molar-refractivity contribution in [3.8, 4) is 5.69 Å². The zero-order chi connectivity index (χ0) is 27.8. The van der Waals surface area contributed by atoms with Crippen molar-refractivity contribution >= 4 is 23.6 Å². The summed E-state index contributed by atoms with van der Waals surface area (Å²) in [6.07, 6.45) is -0.399. The number of rotatable bonds is 11. The number of hydrogen-bond donors (Lipinski definition) is 3. The van der Waals surface area contributed by atoms with E-state index in [1.807, 2.05) is 13.8 Å². The van der Waals surface area contributed by atoms with E-state index in [9.17, 15) is 29.3 Å². The predicted molar refractivity (Wildman–Crippen MR) is 137 cm³/mol. The summed E-state index contributed by atoms with van der Waals surface area (Å²) in [5.41, 5.74) is 2.96. The van der Waals surface area contributed by atoms with Crippen molar-refractivity contribution < 1.29 is 58.9 Å². The van der Waals surface area contributed by atoms with Crippen LogP contribution in [0, 0.1) is 12.4 Å². The molecule has 0 saturated carbocycles. The minimum Gasteiger partial charge on any atom is -0.550 e. The summed E-state index contributed by atoms with van der Waals surface area (Å²) < 4.78 is 15.1. The fraction of sp³-hybridized carbons (Fsp3) is 0.286. The standard InChI is InChI=1S/C28H29FN4O5.Na/c1-17(2)26-24(13-12-22(34)14-23(35)15-25(36)37)33(21-10-6-19(29)7-11-21)32-27(26)28(38)31-16-18-4-8-20(30-3)9-5-18;/h4-13,17,22-23,34-35H,14-16H2,1-2H3,(H,31,38)(H,36,37);/q;+1/p-1/b13-12+;/t22-,23-;/m1./s1. The summed E-state index contributed by atoms with van der Waals surface area (Å²) >= 11 is 0. The zero-order valence-electron chi connectivity index (χ0n) is 22.0. The number of carbonyl (C=O) groups is 2. The largest absolute Gasteiger partial charge is 1.00 e. The van der Waals surface area contributed by atoms with E-state index >= 15 is 0 Å². The number of nitrogens with one attached hydrogen (secondary N) is 1. The maximum absolute atomic E-state index is 13.6. The Morgan fingerprint density at radius 1 is 1.15 bits per heavy atom. The van der Waals surface area contributed by atoms with Gasteiger partial charge < -0.3 is 25.4 Å². The first-order chi connectivity index (χ1) is 18.1. The average molecular weight is 543 g/mol. The zero-order valence-corrected chi connectivity index (χ0v) is 24.0. The third kappa shape index (κ3) is 8.85. The van der Waals surface area contributed by atoms with E-state index in [1.54, 1.807) is 30.3 Å². The van der Waals surface area contributed by atoms with Gasteiger partial charge in [-0.25, -0.2) is 13.9 Å². The Kier molecular flexibility index (Phi) is 12.0. The van der Waals surface area contributed by atoms with Crippen LogP contribution in [-0.2, 0) is 11.3 Å². The Labute approximate surface area is 248 Å². The van der Waals surface area contributed by atoms with Gasteiger partial charge in [0.2, 0.25) is 0 Å². The molecule has 0 bridgehead atoms. The molecule has 0 saturated heterocycles. The van der Waals surface area contributed by atoms with Gasteiger partial charge in [-0.1, -0.05) is 44.2 Å². The number of halogens is 1. The molecule has 1 heterocycles. The molecule has 11 heteroatoms. The van der Waals surface area contributed by atoms with Crippen molar-refractivity contribution in [3.63, 3.8) is 0 Å². The quantitative estimate of drug-likeness (QED) is 0.229. The van der Waals surface area contributed by atoms with Crippen LogP contribution in [0.5, 0.6) is 0 Å². The molecule has 2 aromatic carbocycles. The van der Waals surface area contributed by atoms with Gasteiger partial charge in [-0.15, -0.1) is 0 Å². The first-order valence-corrected chi connectivity index (χ1v) is 12.0. The minimum atomic E-state index is -1.43. The Morgan fingerprint density at radius 3 is 2.36 bits per heavy atom. The number of aliphatic hydroxyl groups is 2. The van der Waals surface area contributed by atoms with Gasteiger partial charge in [-0.05, 0) is 41.8 Å².